The lowest BCUT2D eigenvalue weighted by Gasteiger charge is -2.37. The number of nitrogens with zero attached hydrogens (tertiary/aromatic N) is 1. The van der Waals surface area contributed by atoms with Crippen LogP contribution in [0.2, 0.25) is 0 Å². The summed E-state index contributed by atoms with van der Waals surface area (Å²) in [5.41, 5.74) is 7.11. The monoisotopic (exact) mass is 534 g/mol. The van der Waals surface area contributed by atoms with Gasteiger partial charge in [0.25, 0.3) is 0 Å². The van der Waals surface area contributed by atoms with Gasteiger partial charge in [0.15, 0.2) is 0 Å². The summed E-state index contributed by atoms with van der Waals surface area (Å²) in [5.74, 6) is 1.89. The molecule has 3 atom stereocenters. The molecule has 0 unspecified atom stereocenters. The molecule has 0 fully saturated rings. The number of allylic oxidation sites excluding steroid dienone is 2. The summed E-state index contributed by atoms with van der Waals surface area (Å²) in [7, 11) is 0. The number of nitrogens with one attached hydrogen (secondary N) is 1. The number of anilines is 1. The van der Waals surface area contributed by atoms with Gasteiger partial charge in [-0.25, -0.2) is 0 Å². The smallest absolute Gasteiger partial charge is 0.119 e. The van der Waals surface area contributed by atoms with Crippen LogP contribution in [0, 0.1) is 5.92 Å². The number of benzene rings is 4. The molecule has 6 rings (SSSR count). The molecule has 1 aliphatic carbocycles. The summed E-state index contributed by atoms with van der Waals surface area (Å²) in [4.78, 5) is 4.69. The van der Waals surface area contributed by atoms with Crippen molar-refractivity contribution < 1.29 is 4.74 Å². The average Bonchev–Trinajstić information content (AvgIpc) is 3.43. The number of halogens is 1. The standard InChI is InChI=1S/C32H27BrN2O/c33-25-14-8-23(9-15-25)21-36-27-18-10-22(11-19-27)20-34-26-16-12-24(13-17-26)32-30-6-3-5-28(30)29-4-1-2-7-31(29)35-32/h1-5,7-20,28,30,32,35H,6,21H2/t28-,30+,32+/m1/s1. The molecule has 0 radical (unpaired) electrons. The third kappa shape index (κ3) is 4.87. The Labute approximate surface area is 220 Å². The molecule has 1 heterocycles. The number of aliphatic imine (C=N–C) groups is 1. The van der Waals surface area contributed by atoms with E-state index in [2.05, 4.69) is 94.1 Å². The molecular formula is C32H27BrN2O. The Morgan fingerprint density at radius 1 is 0.889 bits per heavy atom. The fourth-order valence-electron chi connectivity index (χ4n) is 5.19. The average molecular weight is 535 g/mol. The molecule has 0 saturated heterocycles. The fourth-order valence-corrected chi connectivity index (χ4v) is 5.45. The summed E-state index contributed by atoms with van der Waals surface area (Å²) in [5, 5.41) is 3.80. The molecule has 4 heteroatoms. The van der Waals surface area contributed by atoms with Crippen molar-refractivity contribution in [2.45, 2.75) is 25.0 Å². The Bertz CT molecular complexity index is 1390. The zero-order valence-corrected chi connectivity index (χ0v) is 21.4. The van der Waals surface area contributed by atoms with Crippen molar-refractivity contribution in [1.29, 1.82) is 0 Å². The topological polar surface area (TPSA) is 33.6 Å². The first kappa shape index (κ1) is 22.8. The second-order valence-corrected chi connectivity index (χ2v) is 10.3. The Hall–Kier alpha value is -3.63. The summed E-state index contributed by atoms with van der Waals surface area (Å²) in [6, 6.07) is 33.9. The quantitative estimate of drug-likeness (QED) is 0.198. The Kier molecular flexibility index (Phi) is 6.44. The van der Waals surface area contributed by atoms with Gasteiger partial charge in [-0.3, -0.25) is 4.99 Å². The van der Waals surface area contributed by atoms with E-state index in [9.17, 15) is 0 Å². The van der Waals surface area contributed by atoms with Crippen molar-refractivity contribution in [3.63, 3.8) is 0 Å². The van der Waals surface area contributed by atoms with Crippen molar-refractivity contribution in [3.05, 3.63) is 136 Å². The summed E-state index contributed by atoms with van der Waals surface area (Å²) in [6.07, 6.45) is 7.73. The second-order valence-electron chi connectivity index (χ2n) is 9.40. The van der Waals surface area contributed by atoms with Gasteiger partial charge in [0.05, 0.1) is 11.7 Å². The number of hydrogen-bond donors (Lipinski definition) is 1. The maximum Gasteiger partial charge on any atom is 0.119 e. The van der Waals surface area contributed by atoms with Crippen molar-refractivity contribution in [1.82, 2.24) is 0 Å². The molecule has 3 nitrogen and oxygen atoms in total. The van der Waals surface area contributed by atoms with Crippen LogP contribution < -0.4 is 10.1 Å². The zero-order valence-electron chi connectivity index (χ0n) is 19.8. The third-order valence-electron chi connectivity index (χ3n) is 7.09. The SMILES string of the molecule is Brc1ccc(COc2ccc(C=Nc3ccc([C@@H]4Nc5ccccc5[C@H]5C=CC[C@@H]54)cc3)cc2)cc1. The van der Waals surface area contributed by atoms with E-state index in [1.54, 1.807) is 0 Å². The Balaban J connectivity index is 1.10. The van der Waals surface area contributed by atoms with Crippen LogP contribution in [0.5, 0.6) is 5.75 Å². The van der Waals surface area contributed by atoms with Crippen molar-refractivity contribution in [2.24, 2.45) is 10.9 Å². The van der Waals surface area contributed by atoms with Crippen LogP contribution in [-0.4, -0.2) is 6.21 Å². The van der Waals surface area contributed by atoms with Crippen LogP contribution in [0.3, 0.4) is 0 Å². The van der Waals surface area contributed by atoms with Gasteiger partial charge in [0.2, 0.25) is 0 Å². The van der Waals surface area contributed by atoms with Gasteiger partial charge in [0.1, 0.15) is 12.4 Å². The van der Waals surface area contributed by atoms with Crippen LogP contribution >= 0.6 is 15.9 Å². The molecule has 1 aliphatic heterocycles. The lowest BCUT2D eigenvalue weighted by molar-refractivity contribution is 0.306. The van der Waals surface area contributed by atoms with E-state index in [0.29, 0.717) is 24.5 Å². The van der Waals surface area contributed by atoms with Gasteiger partial charge >= 0.3 is 0 Å². The van der Waals surface area contributed by atoms with E-state index in [1.165, 1.54) is 16.8 Å². The maximum atomic E-state index is 5.90. The van der Waals surface area contributed by atoms with Gasteiger partial charge in [-0.15, -0.1) is 0 Å². The normalized spacial score (nSPS) is 20.1. The van der Waals surface area contributed by atoms with Crippen LogP contribution in [-0.2, 0) is 6.61 Å². The molecule has 0 aromatic heterocycles. The van der Waals surface area contributed by atoms with Gasteiger partial charge in [-0.2, -0.15) is 0 Å². The van der Waals surface area contributed by atoms with E-state index in [1.807, 2.05) is 42.6 Å². The van der Waals surface area contributed by atoms with E-state index in [-0.39, 0.29) is 0 Å². The number of rotatable bonds is 6. The lowest BCUT2D eigenvalue weighted by Crippen LogP contribution is -2.28. The molecule has 0 saturated carbocycles. The molecule has 4 aromatic rings. The van der Waals surface area contributed by atoms with E-state index in [0.717, 1.165) is 33.5 Å². The number of hydrogen-bond acceptors (Lipinski definition) is 3. The zero-order chi connectivity index (χ0) is 24.3. The molecule has 1 N–H and O–H groups in total. The highest BCUT2D eigenvalue weighted by Gasteiger charge is 2.37. The van der Waals surface area contributed by atoms with Gasteiger partial charge in [0, 0.05) is 22.3 Å². The van der Waals surface area contributed by atoms with E-state index < -0.39 is 0 Å². The van der Waals surface area contributed by atoms with E-state index in [4.69, 9.17) is 9.73 Å². The Morgan fingerprint density at radius 3 is 2.47 bits per heavy atom. The predicted octanol–water partition coefficient (Wildman–Crippen LogP) is 8.61. The first-order chi connectivity index (χ1) is 17.7. The first-order valence-electron chi connectivity index (χ1n) is 12.4. The molecule has 0 bridgehead atoms. The van der Waals surface area contributed by atoms with Gasteiger partial charge < -0.3 is 10.1 Å². The van der Waals surface area contributed by atoms with Crippen LogP contribution in [0.25, 0.3) is 0 Å². The molecule has 2 aliphatic rings. The lowest BCUT2D eigenvalue weighted by atomic mass is 9.77. The van der Waals surface area contributed by atoms with Gasteiger partial charge in [-0.1, -0.05) is 70.5 Å². The fraction of sp³-hybridized carbons (Fsp3) is 0.156. The van der Waals surface area contributed by atoms with Gasteiger partial charge in [-0.05, 0) is 89.2 Å². The number of ether oxygens (including phenoxy) is 1. The van der Waals surface area contributed by atoms with Crippen LogP contribution in [0.1, 0.15) is 40.6 Å². The minimum Gasteiger partial charge on any atom is -0.489 e. The predicted molar refractivity (Wildman–Crippen MR) is 151 cm³/mol. The highest BCUT2D eigenvalue weighted by molar-refractivity contribution is 9.10. The summed E-state index contributed by atoms with van der Waals surface area (Å²) >= 11 is 3.46. The maximum absolute atomic E-state index is 5.90. The van der Waals surface area contributed by atoms with Crippen molar-refractivity contribution in [3.8, 4) is 5.75 Å². The molecule has 0 spiro atoms. The van der Waals surface area contributed by atoms with Crippen LogP contribution in [0.4, 0.5) is 11.4 Å². The summed E-state index contributed by atoms with van der Waals surface area (Å²) < 4.78 is 6.97. The molecule has 36 heavy (non-hydrogen) atoms. The second kappa shape index (κ2) is 10.2. The van der Waals surface area contributed by atoms with Crippen molar-refractivity contribution in [2.75, 3.05) is 5.32 Å². The number of fused-ring (bicyclic) bond motifs is 3. The minimum atomic E-state index is 0.308. The highest BCUT2D eigenvalue weighted by Crippen LogP contribution is 2.49. The number of para-hydroxylation sites is 1. The minimum absolute atomic E-state index is 0.308. The van der Waals surface area contributed by atoms with Crippen molar-refractivity contribution >= 4 is 33.5 Å². The highest BCUT2D eigenvalue weighted by atomic mass is 79.9. The van der Waals surface area contributed by atoms with Crippen LogP contribution in [0.15, 0.2) is 119 Å². The summed E-state index contributed by atoms with van der Waals surface area (Å²) in [6.45, 7) is 0.548. The Morgan fingerprint density at radius 2 is 1.67 bits per heavy atom. The molecule has 178 valence electrons. The third-order valence-corrected chi connectivity index (χ3v) is 7.61. The molecule has 4 aromatic carbocycles. The first-order valence-corrected chi connectivity index (χ1v) is 13.2. The largest absolute Gasteiger partial charge is 0.489 e. The molecule has 0 amide bonds. The van der Waals surface area contributed by atoms with E-state index >= 15 is 0 Å². The molecular weight excluding hydrogens is 508 g/mol.